The number of thioether (sulfide) groups is 1. The Morgan fingerprint density at radius 1 is 1.03 bits per heavy atom. The molecule has 0 spiro atoms. The number of nitrogens with zero attached hydrogens (tertiary/aromatic N) is 2. The van der Waals surface area contributed by atoms with E-state index < -0.39 is 4.75 Å². The molecule has 1 unspecified atom stereocenters. The third-order valence-corrected chi connectivity index (χ3v) is 7.97. The molecule has 3 aromatic carbocycles. The molecule has 1 aromatic heterocycles. The van der Waals surface area contributed by atoms with Crippen LogP contribution in [0.3, 0.4) is 0 Å². The van der Waals surface area contributed by atoms with Crippen molar-refractivity contribution < 1.29 is 19.1 Å². The monoisotopic (exact) mass is 544 g/mol. The maximum absolute atomic E-state index is 12.1. The minimum absolute atomic E-state index is 0.250. The fraction of sp³-hybridized carbons (Fsp3) is 0.300. The quantitative estimate of drug-likeness (QED) is 0.237. The molecule has 0 aliphatic carbocycles. The minimum atomic E-state index is -0.789. The molecule has 8 nitrogen and oxygen atoms in total. The normalized spacial score (nSPS) is 17.7. The van der Waals surface area contributed by atoms with Crippen molar-refractivity contribution in [1.29, 1.82) is 0 Å². The number of benzene rings is 3. The van der Waals surface area contributed by atoms with Crippen molar-refractivity contribution in [1.82, 2.24) is 14.9 Å². The molecule has 0 radical (unpaired) electrons. The Labute approximate surface area is 232 Å². The lowest BCUT2D eigenvalue weighted by Gasteiger charge is -2.18. The smallest absolute Gasteiger partial charge is 0.286 e. The molecule has 9 heteroatoms. The average Bonchev–Trinajstić information content (AvgIpc) is 3.37. The van der Waals surface area contributed by atoms with Crippen molar-refractivity contribution in [3.8, 4) is 17.2 Å². The molecule has 2 atom stereocenters. The maximum Gasteiger partial charge on any atom is 0.286 e. The Morgan fingerprint density at radius 2 is 1.72 bits per heavy atom. The van der Waals surface area contributed by atoms with Gasteiger partial charge in [-0.3, -0.25) is 14.9 Å². The average molecular weight is 545 g/mol. The predicted molar refractivity (Wildman–Crippen MR) is 155 cm³/mol. The Morgan fingerprint density at radius 3 is 2.38 bits per heavy atom. The first-order valence-electron chi connectivity index (χ1n) is 13.0. The zero-order valence-corrected chi connectivity index (χ0v) is 23.3. The van der Waals surface area contributed by atoms with Crippen molar-refractivity contribution in [2.45, 2.75) is 51.0 Å². The van der Waals surface area contributed by atoms with E-state index in [0.717, 1.165) is 57.8 Å². The number of aromatic nitrogens is 2. The fourth-order valence-electron chi connectivity index (χ4n) is 4.41. The molecular formula is C30H32N4O4S. The van der Waals surface area contributed by atoms with Gasteiger partial charge in [-0.05, 0) is 92.5 Å². The summed E-state index contributed by atoms with van der Waals surface area (Å²) >= 11 is 1.04. The second-order valence-electron chi connectivity index (χ2n) is 10.0. The summed E-state index contributed by atoms with van der Waals surface area (Å²) in [6.45, 7) is 6.40. The Balaban J connectivity index is 1.21. The lowest BCUT2D eigenvalue weighted by Crippen LogP contribution is -2.35. The number of carbonyl (C=O) groups is 2. The van der Waals surface area contributed by atoms with Gasteiger partial charge >= 0.3 is 0 Å². The van der Waals surface area contributed by atoms with Gasteiger partial charge < -0.3 is 19.4 Å². The SMILES string of the molecule is CCC(C)Nc1ccc(Oc2ccc3nc(COc4ccc(C[C@]5(C)SC(=O)NC5=O)cc4)n(C)c3c2)cc1. The molecule has 1 saturated heterocycles. The standard InChI is InChI=1S/C30H32N4O4S/c1-5-19(2)31-21-8-12-23(13-9-21)38-24-14-15-25-26(16-24)34(4)27(32-25)18-37-22-10-6-20(7-11-22)17-30(3)28(35)33-29(36)39-30/h6-16,19,31H,5,17-18H2,1-4H3,(H,33,35,36)/t19?,30-/m0/s1. The summed E-state index contributed by atoms with van der Waals surface area (Å²) in [5, 5.41) is 5.52. The van der Waals surface area contributed by atoms with Crippen molar-refractivity contribution >= 4 is 39.6 Å². The number of ether oxygens (including phenoxy) is 2. The summed E-state index contributed by atoms with van der Waals surface area (Å²) in [6, 6.07) is 21.8. The van der Waals surface area contributed by atoms with Gasteiger partial charge in [0.05, 0.1) is 11.0 Å². The molecule has 1 fully saturated rings. The van der Waals surface area contributed by atoms with Gasteiger partial charge in [-0.15, -0.1) is 0 Å². The van der Waals surface area contributed by atoms with E-state index in [4.69, 9.17) is 14.5 Å². The number of rotatable bonds is 10. The predicted octanol–water partition coefficient (Wildman–Crippen LogP) is 6.44. The molecule has 4 aromatic rings. The summed E-state index contributed by atoms with van der Waals surface area (Å²) in [5.74, 6) is 2.75. The van der Waals surface area contributed by atoms with Gasteiger partial charge in [-0.2, -0.15) is 0 Å². The largest absolute Gasteiger partial charge is 0.486 e. The van der Waals surface area contributed by atoms with E-state index in [-0.39, 0.29) is 11.1 Å². The van der Waals surface area contributed by atoms with Gasteiger partial charge in [0.15, 0.2) is 0 Å². The van der Waals surface area contributed by atoms with Gasteiger partial charge in [0.25, 0.3) is 5.24 Å². The van der Waals surface area contributed by atoms with Crippen LogP contribution in [0.5, 0.6) is 17.2 Å². The van der Waals surface area contributed by atoms with E-state index in [1.165, 1.54) is 0 Å². The molecule has 0 saturated carbocycles. The lowest BCUT2D eigenvalue weighted by molar-refractivity contribution is -0.121. The van der Waals surface area contributed by atoms with Crippen LogP contribution in [-0.4, -0.2) is 31.5 Å². The fourth-order valence-corrected chi connectivity index (χ4v) is 5.35. The maximum atomic E-state index is 12.1. The van der Waals surface area contributed by atoms with E-state index >= 15 is 0 Å². The molecule has 2 N–H and O–H groups in total. The Hall–Kier alpha value is -3.98. The summed E-state index contributed by atoms with van der Waals surface area (Å²) in [7, 11) is 1.96. The van der Waals surface area contributed by atoms with Crippen LogP contribution in [0, 0.1) is 0 Å². The van der Waals surface area contributed by atoms with E-state index in [1.807, 2.05) is 78.3 Å². The number of amides is 2. The summed E-state index contributed by atoms with van der Waals surface area (Å²) in [6.07, 6.45) is 1.52. The van der Waals surface area contributed by atoms with E-state index in [2.05, 4.69) is 24.5 Å². The topological polar surface area (TPSA) is 94.5 Å². The second kappa shape index (κ2) is 11.0. The molecule has 1 aliphatic rings. The highest BCUT2D eigenvalue weighted by atomic mass is 32.2. The first-order valence-corrected chi connectivity index (χ1v) is 13.8. The third kappa shape index (κ3) is 6.04. The van der Waals surface area contributed by atoms with Crippen molar-refractivity contribution in [3.05, 3.63) is 78.1 Å². The number of nitrogens with one attached hydrogen (secondary N) is 2. The van der Waals surface area contributed by atoms with Gasteiger partial charge in [-0.25, -0.2) is 4.98 Å². The van der Waals surface area contributed by atoms with E-state index in [1.54, 1.807) is 6.92 Å². The molecule has 2 amide bonds. The molecule has 0 bridgehead atoms. The number of anilines is 1. The summed E-state index contributed by atoms with van der Waals surface area (Å²) in [4.78, 5) is 28.4. The molecule has 2 heterocycles. The molecule has 5 rings (SSSR count). The molecule has 202 valence electrons. The van der Waals surface area contributed by atoms with E-state index in [0.29, 0.717) is 24.8 Å². The highest BCUT2D eigenvalue weighted by Crippen LogP contribution is 2.35. The van der Waals surface area contributed by atoms with Gasteiger partial charge in [0.1, 0.15) is 34.4 Å². The van der Waals surface area contributed by atoms with Crippen LogP contribution < -0.4 is 20.1 Å². The summed E-state index contributed by atoms with van der Waals surface area (Å²) in [5.41, 5.74) is 3.84. The number of carbonyl (C=O) groups excluding carboxylic acids is 2. The van der Waals surface area contributed by atoms with E-state index in [9.17, 15) is 9.59 Å². The van der Waals surface area contributed by atoms with Crippen molar-refractivity contribution in [2.75, 3.05) is 5.32 Å². The first-order chi connectivity index (χ1) is 18.7. The van der Waals surface area contributed by atoms with Gasteiger partial charge in [0, 0.05) is 24.8 Å². The van der Waals surface area contributed by atoms with Crippen molar-refractivity contribution in [3.63, 3.8) is 0 Å². The number of fused-ring (bicyclic) bond motifs is 1. The Kier molecular flexibility index (Phi) is 7.52. The highest BCUT2D eigenvalue weighted by molar-refractivity contribution is 8.16. The van der Waals surface area contributed by atoms with Gasteiger partial charge in [-0.1, -0.05) is 19.1 Å². The van der Waals surface area contributed by atoms with Gasteiger partial charge in [0.2, 0.25) is 5.91 Å². The first kappa shape index (κ1) is 26.6. The third-order valence-electron chi connectivity index (χ3n) is 6.91. The highest BCUT2D eigenvalue weighted by Gasteiger charge is 2.43. The summed E-state index contributed by atoms with van der Waals surface area (Å²) < 4.78 is 13.3. The van der Waals surface area contributed by atoms with Crippen LogP contribution >= 0.6 is 11.8 Å². The van der Waals surface area contributed by atoms with Crippen molar-refractivity contribution in [2.24, 2.45) is 7.05 Å². The Bertz CT molecular complexity index is 1500. The van der Waals surface area contributed by atoms with Crippen LogP contribution in [0.15, 0.2) is 66.7 Å². The minimum Gasteiger partial charge on any atom is -0.486 e. The molecule has 1 aliphatic heterocycles. The van der Waals surface area contributed by atoms with Crippen LogP contribution in [-0.2, 0) is 24.9 Å². The molecular weight excluding hydrogens is 512 g/mol. The number of hydrogen-bond donors (Lipinski definition) is 2. The number of hydrogen-bond acceptors (Lipinski definition) is 7. The number of aryl methyl sites for hydroxylation is 1. The zero-order valence-electron chi connectivity index (χ0n) is 22.5. The van der Waals surface area contributed by atoms with Crippen LogP contribution in [0.25, 0.3) is 11.0 Å². The number of imide groups is 1. The second-order valence-corrected chi connectivity index (χ2v) is 11.5. The molecule has 39 heavy (non-hydrogen) atoms. The number of imidazole rings is 1. The van der Waals surface area contributed by atoms with Crippen LogP contribution in [0.4, 0.5) is 10.5 Å². The van der Waals surface area contributed by atoms with Crippen LogP contribution in [0.1, 0.15) is 38.6 Å². The van der Waals surface area contributed by atoms with Crippen LogP contribution in [0.2, 0.25) is 0 Å². The zero-order chi connectivity index (χ0) is 27.6. The lowest BCUT2D eigenvalue weighted by atomic mass is 9.99.